The second-order valence-electron chi connectivity index (χ2n) is 9.47. The summed E-state index contributed by atoms with van der Waals surface area (Å²) in [6, 6.07) is 7.34. The highest BCUT2D eigenvalue weighted by Crippen LogP contribution is 2.61. The van der Waals surface area contributed by atoms with E-state index in [-0.39, 0.29) is 35.9 Å². The van der Waals surface area contributed by atoms with Crippen molar-refractivity contribution >= 4 is 33.7 Å². The number of fused-ring (bicyclic) bond motifs is 1. The van der Waals surface area contributed by atoms with Gasteiger partial charge < -0.3 is 24.8 Å². The molecular formula is C25H33BrN2O6. The maximum atomic E-state index is 14.0. The van der Waals surface area contributed by atoms with Crippen LogP contribution in [0.5, 0.6) is 0 Å². The summed E-state index contributed by atoms with van der Waals surface area (Å²) < 4.78 is 11.7. The molecule has 4 rings (SSSR count). The molecule has 186 valence electrons. The van der Waals surface area contributed by atoms with E-state index in [1.807, 2.05) is 44.2 Å². The molecule has 8 nitrogen and oxygen atoms in total. The van der Waals surface area contributed by atoms with Crippen LogP contribution < -0.4 is 5.32 Å². The first-order valence-corrected chi connectivity index (χ1v) is 13.0. The van der Waals surface area contributed by atoms with Gasteiger partial charge in [-0.1, -0.05) is 59.6 Å². The second-order valence-corrected chi connectivity index (χ2v) is 10.6. The quantitative estimate of drug-likeness (QED) is 0.370. The number of hydrogen-bond donors (Lipinski definition) is 2. The summed E-state index contributed by atoms with van der Waals surface area (Å²) in [4.78, 5) is 42.0. The van der Waals surface area contributed by atoms with Crippen LogP contribution in [0.4, 0.5) is 0 Å². The number of benzene rings is 1. The highest BCUT2D eigenvalue weighted by atomic mass is 79.9. The lowest BCUT2D eigenvalue weighted by Crippen LogP contribution is -2.57. The van der Waals surface area contributed by atoms with Gasteiger partial charge in [-0.2, -0.15) is 0 Å². The fourth-order valence-electron chi connectivity index (χ4n) is 6.07. The number of hydrogen-bond acceptors (Lipinski definition) is 6. The number of carbonyl (C=O) groups excluding carboxylic acids is 3. The van der Waals surface area contributed by atoms with Gasteiger partial charge in [-0.15, -0.1) is 0 Å². The Hall–Kier alpha value is -1.97. The van der Waals surface area contributed by atoms with Gasteiger partial charge in [-0.3, -0.25) is 14.4 Å². The summed E-state index contributed by atoms with van der Waals surface area (Å²) in [5.74, 6) is -2.82. The molecular weight excluding hydrogens is 504 g/mol. The number of nitrogens with zero attached hydrogens (tertiary/aromatic N) is 1. The van der Waals surface area contributed by atoms with Gasteiger partial charge in [0.05, 0.1) is 37.2 Å². The zero-order chi connectivity index (χ0) is 24.6. The smallest absolute Gasteiger partial charge is 0.312 e. The Labute approximate surface area is 208 Å². The first-order chi connectivity index (χ1) is 16.3. The van der Waals surface area contributed by atoms with Crippen molar-refractivity contribution in [3.63, 3.8) is 0 Å². The van der Waals surface area contributed by atoms with E-state index in [0.717, 1.165) is 12.8 Å². The van der Waals surface area contributed by atoms with E-state index in [0.29, 0.717) is 12.0 Å². The molecule has 3 aliphatic rings. The minimum Gasteiger partial charge on any atom is -0.466 e. The number of esters is 1. The van der Waals surface area contributed by atoms with Crippen LogP contribution in [0.1, 0.15) is 51.6 Å². The number of aliphatic hydroxyl groups excluding tert-OH is 1. The number of aliphatic hydroxyl groups is 1. The fourth-order valence-corrected chi connectivity index (χ4v) is 7.01. The van der Waals surface area contributed by atoms with E-state index < -0.39 is 41.6 Å². The molecule has 0 saturated carbocycles. The standard InChI is InChI=1S/C25H33BrN2O6/c1-4-9-14(3)27-22(30)21-25-12-16(26)20(34-25)18(24(32)33-5-2)19(25)23(31)28(21)17(13-29)15-10-7-6-8-11-15/h6-8,10-11,14,16-21,29H,4-5,9,12-13H2,1-3H3,(H,27,30)/t14?,16?,17-,18-,19+,20-,21?,25?/m1/s1. The third kappa shape index (κ3) is 3.95. The van der Waals surface area contributed by atoms with Gasteiger partial charge in [-0.05, 0) is 32.3 Å². The Balaban J connectivity index is 1.80. The van der Waals surface area contributed by atoms with E-state index in [1.54, 1.807) is 6.92 Å². The maximum absolute atomic E-state index is 14.0. The predicted octanol–water partition coefficient (Wildman–Crippen LogP) is 2.34. The summed E-state index contributed by atoms with van der Waals surface area (Å²) in [5.41, 5.74) is -0.460. The van der Waals surface area contributed by atoms with Crippen LogP contribution in [0.2, 0.25) is 0 Å². The lowest BCUT2D eigenvalue weighted by atomic mass is 9.70. The van der Waals surface area contributed by atoms with Crippen molar-refractivity contribution in [2.24, 2.45) is 11.8 Å². The van der Waals surface area contributed by atoms with Gasteiger partial charge in [0, 0.05) is 10.9 Å². The molecule has 0 radical (unpaired) electrons. The first kappa shape index (κ1) is 25.1. The number of nitrogens with one attached hydrogen (secondary N) is 1. The van der Waals surface area contributed by atoms with Crippen molar-refractivity contribution in [2.75, 3.05) is 13.2 Å². The van der Waals surface area contributed by atoms with Crippen LogP contribution in [-0.2, 0) is 23.9 Å². The fraction of sp³-hybridized carbons (Fsp3) is 0.640. The number of amides is 2. The highest BCUT2D eigenvalue weighted by molar-refractivity contribution is 9.09. The van der Waals surface area contributed by atoms with Crippen molar-refractivity contribution < 1.29 is 29.0 Å². The summed E-state index contributed by atoms with van der Waals surface area (Å²) in [5, 5.41) is 13.4. The van der Waals surface area contributed by atoms with E-state index in [9.17, 15) is 19.5 Å². The normalized spacial score (nSPS) is 33.5. The number of rotatable bonds is 9. The summed E-state index contributed by atoms with van der Waals surface area (Å²) >= 11 is 3.63. The maximum Gasteiger partial charge on any atom is 0.312 e. The molecule has 1 aromatic rings. The lowest BCUT2D eigenvalue weighted by Gasteiger charge is -2.37. The Morgan fingerprint density at radius 3 is 2.65 bits per heavy atom. The van der Waals surface area contributed by atoms with Crippen LogP contribution in [0.15, 0.2) is 30.3 Å². The minimum absolute atomic E-state index is 0.0894. The molecule has 1 aromatic carbocycles. The summed E-state index contributed by atoms with van der Waals surface area (Å²) in [6.45, 7) is 5.52. The highest BCUT2D eigenvalue weighted by Gasteiger charge is 2.77. The molecule has 34 heavy (non-hydrogen) atoms. The lowest BCUT2D eigenvalue weighted by molar-refractivity contribution is -0.155. The topological polar surface area (TPSA) is 105 Å². The average molecular weight is 537 g/mol. The Morgan fingerprint density at radius 2 is 2.03 bits per heavy atom. The van der Waals surface area contributed by atoms with Gasteiger partial charge in [0.1, 0.15) is 11.6 Å². The Kier molecular flexibility index (Phi) is 7.36. The third-order valence-corrected chi connectivity index (χ3v) is 8.18. The zero-order valence-electron chi connectivity index (χ0n) is 19.8. The molecule has 2 N–H and O–H groups in total. The molecule has 2 amide bonds. The van der Waals surface area contributed by atoms with Crippen LogP contribution in [0, 0.1) is 11.8 Å². The second kappa shape index (κ2) is 9.95. The van der Waals surface area contributed by atoms with E-state index >= 15 is 0 Å². The number of alkyl halides is 1. The molecule has 8 atom stereocenters. The number of carbonyl (C=O) groups is 3. The molecule has 0 aromatic heterocycles. The van der Waals surface area contributed by atoms with Gasteiger partial charge >= 0.3 is 5.97 Å². The van der Waals surface area contributed by atoms with Crippen LogP contribution in [-0.4, -0.2) is 69.6 Å². The zero-order valence-corrected chi connectivity index (χ0v) is 21.4. The van der Waals surface area contributed by atoms with Gasteiger partial charge in [-0.25, -0.2) is 0 Å². The number of ether oxygens (including phenoxy) is 2. The molecule has 4 unspecified atom stereocenters. The van der Waals surface area contributed by atoms with Crippen molar-refractivity contribution in [1.29, 1.82) is 0 Å². The molecule has 9 heteroatoms. The van der Waals surface area contributed by atoms with Crippen molar-refractivity contribution in [1.82, 2.24) is 10.2 Å². The van der Waals surface area contributed by atoms with Crippen LogP contribution in [0.25, 0.3) is 0 Å². The molecule has 0 aliphatic carbocycles. The molecule has 3 aliphatic heterocycles. The SMILES string of the molecule is CCCC(C)NC(=O)C1N([C@H](CO)c2ccccc2)C(=O)[C@@H]2[C@@H](C(=O)OCC)[C@@H]3OC12CC3Br. The van der Waals surface area contributed by atoms with Gasteiger partial charge in [0.2, 0.25) is 11.8 Å². The summed E-state index contributed by atoms with van der Waals surface area (Å²) in [6.07, 6.45) is 1.55. The van der Waals surface area contributed by atoms with E-state index in [1.165, 1.54) is 4.90 Å². The van der Waals surface area contributed by atoms with Crippen LogP contribution in [0.3, 0.4) is 0 Å². The predicted molar refractivity (Wildman–Crippen MR) is 128 cm³/mol. The molecule has 3 heterocycles. The monoisotopic (exact) mass is 536 g/mol. The number of halogens is 1. The molecule has 3 saturated heterocycles. The first-order valence-electron chi connectivity index (χ1n) is 12.1. The molecule has 1 spiro atoms. The minimum atomic E-state index is -1.18. The molecule has 3 fully saturated rings. The Morgan fingerprint density at radius 1 is 1.32 bits per heavy atom. The average Bonchev–Trinajstić information content (AvgIpc) is 3.39. The molecule has 2 bridgehead atoms. The van der Waals surface area contributed by atoms with Gasteiger partial charge in [0.25, 0.3) is 0 Å². The van der Waals surface area contributed by atoms with E-state index in [2.05, 4.69) is 21.2 Å². The van der Waals surface area contributed by atoms with Crippen molar-refractivity contribution in [3.05, 3.63) is 35.9 Å². The Bertz CT molecular complexity index is 929. The third-order valence-electron chi connectivity index (χ3n) is 7.34. The van der Waals surface area contributed by atoms with Crippen LogP contribution >= 0.6 is 15.9 Å². The van der Waals surface area contributed by atoms with Crippen molar-refractivity contribution in [2.45, 2.75) is 74.7 Å². The largest absolute Gasteiger partial charge is 0.466 e. The van der Waals surface area contributed by atoms with Gasteiger partial charge in [0.15, 0.2) is 0 Å². The van der Waals surface area contributed by atoms with E-state index in [4.69, 9.17) is 9.47 Å². The van der Waals surface area contributed by atoms with Crippen molar-refractivity contribution in [3.8, 4) is 0 Å². The summed E-state index contributed by atoms with van der Waals surface area (Å²) in [7, 11) is 0. The number of likely N-dealkylation sites (tertiary alicyclic amines) is 1.